The zero-order valence-corrected chi connectivity index (χ0v) is 28.1. The molecule has 0 bridgehead atoms. The van der Waals surface area contributed by atoms with Gasteiger partial charge in [-0.05, 0) is 73.4 Å². The summed E-state index contributed by atoms with van der Waals surface area (Å²) in [4.78, 5) is 52.4. The van der Waals surface area contributed by atoms with Crippen molar-refractivity contribution in [1.82, 2.24) is 0 Å². The number of hydrogen-bond acceptors (Lipinski definition) is 5. The Morgan fingerprint density at radius 3 is 1.92 bits per heavy atom. The topological polar surface area (TPSA) is 95.0 Å². The second-order valence-electron chi connectivity index (χ2n) is 13.2. The Labute approximate surface area is 292 Å². The highest BCUT2D eigenvalue weighted by Crippen LogP contribution is 2.66. The van der Waals surface area contributed by atoms with Crippen LogP contribution in [0.15, 0.2) is 48.0 Å². The maximum Gasteiger partial charge on any atom is 0.258 e. The van der Waals surface area contributed by atoms with Crippen LogP contribution in [0, 0.1) is 60.7 Å². The van der Waals surface area contributed by atoms with E-state index in [1.165, 1.54) is 12.1 Å². The maximum atomic E-state index is 15.2. The summed E-state index contributed by atoms with van der Waals surface area (Å²) in [6.07, 6.45) is 1.76. The molecular weight excluding hydrogens is 706 g/mol. The fourth-order valence-corrected chi connectivity index (χ4v) is 9.17. The van der Waals surface area contributed by atoms with Crippen LogP contribution in [0.25, 0.3) is 0 Å². The van der Waals surface area contributed by atoms with Crippen molar-refractivity contribution in [2.45, 2.75) is 55.7 Å². The third-order valence-electron chi connectivity index (χ3n) is 10.7. The van der Waals surface area contributed by atoms with Crippen LogP contribution in [0.4, 0.5) is 33.3 Å². The Morgan fingerprint density at radius 1 is 0.800 bits per heavy atom. The molecule has 0 unspecified atom stereocenters. The molecule has 1 saturated carbocycles. The van der Waals surface area contributed by atoms with Crippen molar-refractivity contribution in [3.63, 3.8) is 0 Å². The molecule has 2 heterocycles. The first-order valence-corrected chi connectivity index (χ1v) is 16.5. The standard InChI is InChI=1S/C36H27Cl2F5N2O5/c1-4-16-5-7-18(8-6-16)44-31(47)20-10-9-19-21(22(20)32(44)48)13-35(37)33(49)45(29-27(42)25(40)24(39)26(41)28(29)43)34(50)36(35,38)23(19)17-11-14(2)30(46)15(3)12-17/h5-9,11-12,20-23,46H,4,10,13H2,1-3H3/t20-,21+,22-,23-,35+,36-/m0/s1. The predicted molar refractivity (Wildman–Crippen MR) is 172 cm³/mol. The summed E-state index contributed by atoms with van der Waals surface area (Å²) >= 11 is 14.3. The van der Waals surface area contributed by atoms with E-state index in [0.29, 0.717) is 28.8 Å². The van der Waals surface area contributed by atoms with Crippen LogP contribution in [0.1, 0.15) is 47.9 Å². The number of carbonyl (C=O) groups excluding carboxylic acids is 4. The highest BCUT2D eigenvalue weighted by molar-refractivity contribution is 6.58. The van der Waals surface area contributed by atoms with Gasteiger partial charge >= 0.3 is 0 Å². The highest BCUT2D eigenvalue weighted by Gasteiger charge is 2.77. The molecule has 50 heavy (non-hydrogen) atoms. The van der Waals surface area contributed by atoms with Crippen molar-refractivity contribution in [2.24, 2.45) is 17.8 Å². The number of amides is 4. The third-order valence-corrected chi connectivity index (χ3v) is 12.1. The number of aryl methyl sites for hydroxylation is 3. The van der Waals surface area contributed by atoms with E-state index in [2.05, 4.69) is 0 Å². The highest BCUT2D eigenvalue weighted by atomic mass is 35.5. The van der Waals surface area contributed by atoms with Crippen LogP contribution >= 0.6 is 23.2 Å². The first-order chi connectivity index (χ1) is 23.5. The van der Waals surface area contributed by atoms with Gasteiger partial charge in [0.2, 0.25) is 17.6 Å². The number of alkyl halides is 2. The summed E-state index contributed by atoms with van der Waals surface area (Å²) in [5.74, 6) is -21.0. The van der Waals surface area contributed by atoms with E-state index in [4.69, 9.17) is 23.2 Å². The number of phenols is 1. The molecule has 3 fully saturated rings. The lowest BCUT2D eigenvalue weighted by Gasteiger charge is -2.50. The zero-order valence-electron chi connectivity index (χ0n) is 26.6. The molecular formula is C36H27Cl2F5N2O5. The number of nitrogens with zero attached hydrogens (tertiary/aromatic N) is 2. The van der Waals surface area contributed by atoms with Gasteiger partial charge in [0, 0.05) is 5.92 Å². The number of carbonyl (C=O) groups is 4. The van der Waals surface area contributed by atoms with Gasteiger partial charge in [-0.1, -0.05) is 42.8 Å². The minimum absolute atomic E-state index is 0.0168. The van der Waals surface area contributed by atoms with Gasteiger partial charge < -0.3 is 5.11 Å². The fourth-order valence-electron chi connectivity index (χ4n) is 8.23. The second-order valence-corrected chi connectivity index (χ2v) is 14.5. The average Bonchev–Trinajstić information content (AvgIpc) is 3.43. The van der Waals surface area contributed by atoms with Gasteiger partial charge in [0.15, 0.2) is 33.0 Å². The van der Waals surface area contributed by atoms with Gasteiger partial charge in [-0.25, -0.2) is 26.9 Å². The number of aromatic hydroxyl groups is 1. The molecule has 2 aliphatic carbocycles. The van der Waals surface area contributed by atoms with Crippen LogP contribution in [0.2, 0.25) is 0 Å². The van der Waals surface area contributed by atoms with Crippen LogP contribution in [-0.2, 0) is 25.6 Å². The van der Waals surface area contributed by atoms with E-state index < -0.39 is 98.2 Å². The summed E-state index contributed by atoms with van der Waals surface area (Å²) in [7, 11) is 0. The van der Waals surface area contributed by atoms with Gasteiger partial charge in [-0.2, -0.15) is 0 Å². The van der Waals surface area contributed by atoms with Gasteiger partial charge in [-0.15, -0.1) is 23.2 Å². The second kappa shape index (κ2) is 11.4. The number of phenolic OH excluding ortho intramolecular Hbond substituents is 1. The lowest BCUT2D eigenvalue weighted by Crippen LogP contribution is -2.60. The van der Waals surface area contributed by atoms with E-state index >= 15 is 8.78 Å². The minimum Gasteiger partial charge on any atom is -0.507 e. The number of imide groups is 2. The smallest absolute Gasteiger partial charge is 0.258 e. The molecule has 1 N–H and O–H groups in total. The van der Waals surface area contributed by atoms with E-state index in [0.717, 1.165) is 10.5 Å². The number of rotatable bonds is 4. The number of hydrogen-bond donors (Lipinski definition) is 1. The number of halogens is 7. The van der Waals surface area contributed by atoms with E-state index in [9.17, 15) is 37.5 Å². The monoisotopic (exact) mass is 732 g/mol. The fraction of sp³-hybridized carbons (Fsp3) is 0.333. The lowest BCUT2D eigenvalue weighted by atomic mass is 9.56. The van der Waals surface area contributed by atoms with Gasteiger partial charge in [0.05, 0.1) is 17.5 Å². The lowest BCUT2D eigenvalue weighted by molar-refractivity contribution is -0.125. The first-order valence-electron chi connectivity index (χ1n) is 15.8. The van der Waals surface area contributed by atoms with Crippen molar-refractivity contribution >= 4 is 58.2 Å². The molecule has 0 radical (unpaired) electrons. The maximum absolute atomic E-state index is 15.2. The van der Waals surface area contributed by atoms with Crippen molar-refractivity contribution in [3.05, 3.63) is 99.4 Å². The number of allylic oxidation sites excluding steroid dienone is 2. The molecule has 14 heteroatoms. The summed E-state index contributed by atoms with van der Waals surface area (Å²) in [6, 6.07) is 9.76. The van der Waals surface area contributed by atoms with E-state index in [1.807, 2.05) is 6.92 Å². The van der Waals surface area contributed by atoms with Crippen molar-refractivity contribution in [3.8, 4) is 5.75 Å². The molecule has 4 amide bonds. The molecule has 0 aromatic heterocycles. The molecule has 4 aliphatic rings. The van der Waals surface area contributed by atoms with E-state index in [1.54, 1.807) is 44.2 Å². The largest absolute Gasteiger partial charge is 0.507 e. The van der Waals surface area contributed by atoms with Crippen LogP contribution in [-0.4, -0.2) is 38.5 Å². The normalized spacial score (nSPS) is 29.0. The summed E-state index contributed by atoms with van der Waals surface area (Å²) in [6.45, 7) is 5.05. The minimum atomic E-state index is -2.64. The van der Waals surface area contributed by atoms with Crippen LogP contribution in [0.3, 0.4) is 0 Å². The van der Waals surface area contributed by atoms with Crippen LogP contribution < -0.4 is 9.80 Å². The molecule has 2 aliphatic heterocycles. The number of fused-ring (bicyclic) bond motifs is 4. The number of benzene rings is 3. The summed E-state index contributed by atoms with van der Waals surface area (Å²) in [5, 5.41) is 10.6. The molecule has 6 atom stereocenters. The molecule has 3 aromatic carbocycles. The summed E-state index contributed by atoms with van der Waals surface area (Å²) in [5.41, 5.74) is 0.629. The Hall–Kier alpha value is -4.29. The third kappa shape index (κ3) is 4.27. The predicted octanol–water partition coefficient (Wildman–Crippen LogP) is 7.03. The molecule has 3 aromatic rings. The number of anilines is 2. The molecule has 260 valence electrons. The summed E-state index contributed by atoms with van der Waals surface area (Å²) < 4.78 is 73.4. The molecule has 7 nitrogen and oxygen atoms in total. The Morgan fingerprint density at radius 2 is 1.36 bits per heavy atom. The Kier molecular flexibility index (Phi) is 7.76. The Bertz CT molecular complexity index is 2060. The zero-order chi connectivity index (χ0) is 36.4. The molecule has 0 spiro atoms. The Balaban J connectivity index is 1.43. The van der Waals surface area contributed by atoms with Crippen LogP contribution in [0.5, 0.6) is 5.75 Å². The SMILES string of the molecule is CCc1ccc(N2C(=O)[C@H]3[C@H](CC=C4[C@H]3C[C@@]3(Cl)C(=O)N(c5c(F)c(F)c(F)c(F)c5F)C(=O)[C@@]3(Cl)[C@H]4c3cc(C)c(O)c(C)c3)C2=O)cc1. The molecule has 7 rings (SSSR count). The first kappa shape index (κ1) is 34.2. The molecule has 2 saturated heterocycles. The van der Waals surface area contributed by atoms with Crippen molar-refractivity contribution in [2.75, 3.05) is 9.80 Å². The average molecular weight is 734 g/mol. The quantitative estimate of drug-likeness (QED) is 0.0776. The van der Waals surface area contributed by atoms with Crippen molar-refractivity contribution < 1.29 is 46.2 Å². The van der Waals surface area contributed by atoms with Crippen molar-refractivity contribution in [1.29, 1.82) is 0 Å². The van der Waals surface area contributed by atoms with E-state index in [-0.39, 0.29) is 22.6 Å². The van der Waals surface area contributed by atoms with Gasteiger partial charge in [-0.3, -0.25) is 24.1 Å². The van der Waals surface area contributed by atoms with Gasteiger partial charge in [0.25, 0.3) is 11.8 Å². The van der Waals surface area contributed by atoms with Gasteiger partial charge in [0.1, 0.15) is 11.4 Å².